The second-order valence-corrected chi connectivity index (χ2v) is 6.50. The van der Waals surface area contributed by atoms with Gasteiger partial charge in [-0.15, -0.1) is 0 Å². The fourth-order valence-electron chi connectivity index (χ4n) is 2.92. The van der Waals surface area contributed by atoms with Gasteiger partial charge in [0.15, 0.2) is 0 Å². The zero-order valence-corrected chi connectivity index (χ0v) is 12.7. The first-order chi connectivity index (χ1) is 9.65. The van der Waals surface area contributed by atoms with Gasteiger partial charge in [-0.3, -0.25) is 4.79 Å². The van der Waals surface area contributed by atoms with Crippen LogP contribution in [0.4, 0.5) is 0 Å². The van der Waals surface area contributed by atoms with E-state index in [1.165, 1.54) is 6.42 Å². The van der Waals surface area contributed by atoms with E-state index in [2.05, 4.69) is 10.6 Å². The lowest BCUT2D eigenvalue weighted by Gasteiger charge is -2.11. The van der Waals surface area contributed by atoms with Gasteiger partial charge < -0.3 is 10.6 Å². The highest BCUT2D eigenvalue weighted by atomic mass is 35.5. The van der Waals surface area contributed by atoms with Crippen LogP contribution in [-0.4, -0.2) is 25.0 Å². The van der Waals surface area contributed by atoms with Crippen LogP contribution in [0.2, 0.25) is 10.0 Å². The van der Waals surface area contributed by atoms with E-state index >= 15 is 0 Å². The van der Waals surface area contributed by atoms with E-state index in [0.29, 0.717) is 16.1 Å². The van der Waals surface area contributed by atoms with Crippen LogP contribution in [0.3, 0.4) is 0 Å². The van der Waals surface area contributed by atoms with Gasteiger partial charge >= 0.3 is 0 Å². The van der Waals surface area contributed by atoms with Crippen LogP contribution in [0.25, 0.3) is 0 Å². The zero-order valence-electron chi connectivity index (χ0n) is 11.2. The molecule has 1 heterocycles. The Morgan fingerprint density at radius 2 is 2.25 bits per heavy atom. The normalized spacial score (nSPS) is 28.4. The van der Waals surface area contributed by atoms with Gasteiger partial charge in [0.05, 0.1) is 0 Å². The lowest BCUT2D eigenvalue weighted by Crippen LogP contribution is -2.38. The number of rotatable bonds is 4. The molecule has 108 valence electrons. The first-order valence-electron chi connectivity index (χ1n) is 7.11. The molecule has 1 saturated heterocycles. The molecule has 1 aromatic rings. The van der Waals surface area contributed by atoms with Crippen molar-refractivity contribution in [3.63, 3.8) is 0 Å². The summed E-state index contributed by atoms with van der Waals surface area (Å²) < 4.78 is 0. The Hall–Kier alpha value is -0.770. The van der Waals surface area contributed by atoms with Gasteiger partial charge in [-0.2, -0.15) is 0 Å². The van der Waals surface area contributed by atoms with Crippen LogP contribution in [0, 0.1) is 5.92 Å². The van der Waals surface area contributed by atoms with Crippen molar-refractivity contribution in [1.29, 1.82) is 0 Å². The molecule has 0 aromatic heterocycles. The van der Waals surface area contributed by atoms with Crippen molar-refractivity contribution in [3.05, 3.63) is 33.8 Å². The number of hydrogen-bond donors (Lipinski definition) is 2. The molecule has 20 heavy (non-hydrogen) atoms. The molecule has 1 aliphatic heterocycles. The summed E-state index contributed by atoms with van der Waals surface area (Å²) in [5.41, 5.74) is 1.04. The van der Waals surface area contributed by atoms with E-state index in [4.69, 9.17) is 23.2 Å². The van der Waals surface area contributed by atoms with E-state index in [9.17, 15) is 4.79 Å². The van der Waals surface area contributed by atoms with Gasteiger partial charge in [0.2, 0.25) is 5.91 Å². The summed E-state index contributed by atoms with van der Waals surface area (Å²) in [6.07, 6.45) is 3.23. The van der Waals surface area contributed by atoms with Crippen molar-refractivity contribution in [2.75, 3.05) is 13.1 Å². The topological polar surface area (TPSA) is 41.1 Å². The van der Waals surface area contributed by atoms with Gasteiger partial charge in [0.1, 0.15) is 0 Å². The Balaban J connectivity index is 1.53. The zero-order chi connectivity index (χ0) is 14.1. The minimum Gasteiger partial charge on any atom is -0.354 e. The molecule has 1 amide bonds. The van der Waals surface area contributed by atoms with Crippen molar-refractivity contribution in [2.45, 2.75) is 31.2 Å². The number of halogens is 2. The molecule has 1 saturated carbocycles. The van der Waals surface area contributed by atoms with E-state index < -0.39 is 0 Å². The van der Waals surface area contributed by atoms with Crippen molar-refractivity contribution in [1.82, 2.24) is 10.6 Å². The summed E-state index contributed by atoms with van der Waals surface area (Å²) >= 11 is 12.1. The molecule has 2 N–H and O–H groups in total. The van der Waals surface area contributed by atoms with Gasteiger partial charge in [-0.25, -0.2) is 0 Å². The number of nitrogens with one attached hydrogen (secondary N) is 2. The van der Waals surface area contributed by atoms with Gasteiger partial charge in [0.25, 0.3) is 0 Å². The molecule has 2 aliphatic rings. The molecule has 1 aliphatic carbocycles. The molecular weight excluding hydrogens is 295 g/mol. The minimum absolute atomic E-state index is 0.0649. The molecule has 0 radical (unpaired) electrons. The van der Waals surface area contributed by atoms with Gasteiger partial charge in [-0.1, -0.05) is 29.3 Å². The molecule has 3 unspecified atom stereocenters. The maximum absolute atomic E-state index is 12.1. The monoisotopic (exact) mass is 312 g/mol. The van der Waals surface area contributed by atoms with Gasteiger partial charge in [0, 0.05) is 28.5 Å². The molecule has 0 bridgehead atoms. The summed E-state index contributed by atoms with van der Waals surface area (Å²) in [7, 11) is 0. The predicted molar refractivity (Wildman–Crippen MR) is 81.3 cm³/mol. The van der Waals surface area contributed by atoms with E-state index in [0.717, 1.165) is 31.5 Å². The van der Waals surface area contributed by atoms with E-state index in [-0.39, 0.29) is 17.7 Å². The number of amides is 1. The fraction of sp³-hybridized carbons (Fsp3) is 0.533. The van der Waals surface area contributed by atoms with Crippen molar-refractivity contribution in [3.8, 4) is 0 Å². The molecule has 5 heteroatoms. The van der Waals surface area contributed by atoms with Crippen molar-refractivity contribution in [2.24, 2.45) is 5.92 Å². The van der Waals surface area contributed by atoms with E-state index in [1.807, 2.05) is 12.1 Å². The largest absolute Gasteiger partial charge is 0.354 e. The van der Waals surface area contributed by atoms with Gasteiger partial charge in [-0.05, 0) is 49.4 Å². The molecule has 3 rings (SSSR count). The summed E-state index contributed by atoms with van der Waals surface area (Å²) in [5.74, 6) is 0.459. The molecule has 1 aromatic carbocycles. The average molecular weight is 313 g/mol. The van der Waals surface area contributed by atoms with Crippen molar-refractivity contribution >= 4 is 29.1 Å². The third-order valence-corrected chi connectivity index (χ3v) is 4.74. The first-order valence-corrected chi connectivity index (χ1v) is 7.87. The molecular formula is C15H18Cl2N2O. The van der Waals surface area contributed by atoms with E-state index in [1.54, 1.807) is 6.07 Å². The summed E-state index contributed by atoms with van der Waals surface area (Å²) in [5, 5.41) is 7.72. The third kappa shape index (κ3) is 3.11. The van der Waals surface area contributed by atoms with Crippen LogP contribution >= 0.6 is 23.2 Å². The molecule has 2 fully saturated rings. The van der Waals surface area contributed by atoms with Crippen LogP contribution in [0.5, 0.6) is 0 Å². The fourth-order valence-corrected chi connectivity index (χ4v) is 3.47. The second-order valence-electron chi connectivity index (χ2n) is 5.65. The Kier molecular flexibility index (Phi) is 4.20. The highest BCUT2D eigenvalue weighted by Gasteiger charge is 2.44. The Morgan fingerprint density at radius 3 is 2.95 bits per heavy atom. The highest BCUT2D eigenvalue weighted by molar-refractivity contribution is 6.35. The third-order valence-electron chi connectivity index (χ3n) is 4.17. The first kappa shape index (κ1) is 14.2. The summed E-state index contributed by atoms with van der Waals surface area (Å²) in [4.78, 5) is 12.1. The van der Waals surface area contributed by atoms with Crippen molar-refractivity contribution < 1.29 is 4.79 Å². The van der Waals surface area contributed by atoms with Crippen LogP contribution in [0.1, 0.15) is 30.7 Å². The summed E-state index contributed by atoms with van der Waals surface area (Å²) in [6.45, 7) is 1.80. The Bertz CT molecular complexity index is 515. The highest BCUT2D eigenvalue weighted by Crippen LogP contribution is 2.50. The molecule has 3 atom stereocenters. The smallest absolute Gasteiger partial charge is 0.223 e. The molecule has 0 spiro atoms. The summed E-state index contributed by atoms with van der Waals surface area (Å²) in [6, 6.07) is 5.95. The maximum atomic E-state index is 12.1. The lowest BCUT2D eigenvalue weighted by atomic mass is 10.1. The van der Waals surface area contributed by atoms with Crippen LogP contribution in [0.15, 0.2) is 18.2 Å². The quantitative estimate of drug-likeness (QED) is 0.897. The van der Waals surface area contributed by atoms with Crippen LogP contribution in [-0.2, 0) is 4.79 Å². The standard InChI is InChI=1S/C15H18Cl2N2O/c16-9-3-4-11(14(17)6-9)12-7-13(12)15(20)19-8-10-2-1-5-18-10/h3-4,6,10,12-13,18H,1-2,5,7-8H2,(H,19,20). The maximum Gasteiger partial charge on any atom is 0.223 e. The second kappa shape index (κ2) is 5.92. The number of carbonyl (C=O) groups is 1. The average Bonchev–Trinajstić information content (AvgIpc) is 3.03. The SMILES string of the molecule is O=C(NCC1CCCN1)C1CC1c1ccc(Cl)cc1Cl. The number of benzene rings is 1. The molecule has 3 nitrogen and oxygen atoms in total. The van der Waals surface area contributed by atoms with Crippen LogP contribution < -0.4 is 10.6 Å². The predicted octanol–water partition coefficient (Wildman–Crippen LogP) is 2.97. The Morgan fingerprint density at radius 1 is 1.40 bits per heavy atom. The number of carbonyl (C=O) groups excluding carboxylic acids is 1. The Labute approximate surface area is 129 Å². The minimum atomic E-state index is 0.0649. The number of hydrogen-bond acceptors (Lipinski definition) is 2. The lowest BCUT2D eigenvalue weighted by molar-refractivity contribution is -0.122.